The van der Waals surface area contributed by atoms with E-state index in [9.17, 15) is 0 Å². The van der Waals surface area contributed by atoms with Gasteiger partial charge in [-0.05, 0) is 88.4 Å². The van der Waals surface area contributed by atoms with Crippen LogP contribution < -0.4 is 52.1 Å². The molecule has 12 rings (SSSR count). The number of ether oxygens (including phenoxy) is 11. The molecule has 0 atom stereocenters. The molecule has 0 aliphatic carbocycles. The third-order valence-electron chi connectivity index (χ3n) is 15.9. The highest BCUT2D eigenvalue weighted by Gasteiger charge is 2.36. The molecule has 0 saturated carbocycles. The summed E-state index contributed by atoms with van der Waals surface area (Å²) in [5, 5.41) is 10.9. The Morgan fingerprint density at radius 1 is 0.195 bits per heavy atom. The summed E-state index contributed by atoms with van der Waals surface area (Å²) in [4.78, 5) is 0. The fourth-order valence-electron chi connectivity index (χ4n) is 12.6. The molecular formula is C71H60O11. The predicted octanol–water partition coefficient (Wildman–Crippen LogP) is 17.0. The molecule has 0 spiro atoms. The van der Waals surface area contributed by atoms with Crippen LogP contribution in [0.15, 0.2) is 164 Å². The molecule has 12 aromatic rings. The van der Waals surface area contributed by atoms with Gasteiger partial charge < -0.3 is 52.1 Å². The third kappa shape index (κ3) is 7.85. The van der Waals surface area contributed by atoms with Crippen molar-refractivity contribution < 1.29 is 52.1 Å². The van der Waals surface area contributed by atoms with Crippen molar-refractivity contribution in [1.82, 2.24) is 0 Å². The number of hydrogen-bond acceptors (Lipinski definition) is 11. The maximum absolute atomic E-state index is 6.73. The molecule has 0 aliphatic rings. The summed E-state index contributed by atoms with van der Waals surface area (Å²) in [5.41, 5.74) is 7.72. The predicted molar refractivity (Wildman–Crippen MR) is 331 cm³/mol. The Morgan fingerprint density at radius 3 is 0.732 bits per heavy atom. The molecule has 11 nitrogen and oxygen atoms in total. The minimum Gasteiger partial charge on any atom is -0.497 e. The first-order valence-electron chi connectivity index (χ1n) is 26.7. The van der Waals surface area contributed by atoms with E-state index in [0.717, 1.165) is 109 Å². The molecule has 0 bridgehead atoms. The zero-order chi connectivity index (χ0) is 56.9. The van der Waals surface area contributed by atoms with Gasteiger partial charge in [0.1, 0.15) is 5.75 Å². The van der Waals surface area contributed by atoms with Crippen LogP contribution in [-0.4, -0.2) is 78.2 Å². The van der Waals surface area contributed by atoms with Crippen LogP contribution in [-0.2, 0) is 0 Å². The highest BCUT2D eigenvalue weighted by Crippen LogP contribution is 2.64. The Labute approximate surface area is 475 Å². The molecule has 0 aliphatic heterocycles. The Kier molecular flexibility index (Phi) is 13.9. The third-order valence-corrected chi connectivity index (χ3v) is 15.9. The molecule has 12 aromatic carbocycles. The van der Waals surface area contributed by atoms with Crippen LogP contribution in [0, 0.1) is 0 Å². The number of hydrogen-bond donors (Lipinski definition) is 0. The van der Waals surface area contributed by atoms with E-state index in [0.29, 0.717) is 74.4 Å². The van der Waals surface area contributed by atoms with Crippen LogP contribution in [0.2, 0.25) is 0 Å². The lowest BCUT2D eigenvalue weighted by molar-refractivity contribution is 0.351. The number of rotatable bonds is 16. The van der Waals surface area contributed by atoms with Gasteiger partial charge in [-0.1, -0.05) is 146 Å². The van der Waals surface area contributed by atoms with Crippen molar-refractivity contribution in [1.29, 1.82) is 0 Å². The largest absolute Gasteiger partial charge is 0.497 e. The van der Waals surface area contributed by atoms with Gasteiger partial charge in [-0.25, -0.2) is 0 Å². The van der Waals surface area contributed by atoms with Crippen LogP contribution in [0.1, 0.15) is 0 Å². The summed E-state index contributed by atoms with van der Waals surface area (Å²) < 4.78 is 71.3. The fourth-order valence-corrected chi connectivity index (χ4v) is 12.6. The maximum Gasteiger partial charge on any atom is 0.169 e. The standard InChI is InChI=1S/C71H60O11/c1-72-41-36-39-24-12-14-26-42(39)52(38-41)54-44-28-16-17-29-45(44)57(65(76-5)64(54)75-4)58-48-32-20-21-33-49(48)61(69(80-9)68(58)79-8)62-51-35-23-22-34-50(51)60(70(81-10)71(62)82-11)59-47-31-19-18-30-46(47)56(66(77-6)67(59)78-7)55-43-27-15-13-25-40(43)37-53(73-2)63(55)74-3/h12-38H,1-11H3. The smallest absolute Gasteiger partial charge is 0.169 e. The maximum atomic E-state index is 6.73. The lowest BCUT2D eigenvalue weighted by atomic mass is 9.82. The Balaban J connectivity index is 1.19. The highest BCUT2D eigenvalue weighted by molar-refractivity contribution is 6.25. The van der Waals surface area contributed by atoms with Gasteiger partial charge in [0, 0.05) is 50.1 Å². The summed E-state index contributed by atoms with van der Waals surface area (Å²) in [6, 6.07) is 55.6. The van der Waals surface area contributed by atoms with Crippen molar-refractivity contribution in [3.05, 3.63) is 164 Å². The first-order valence-corrected chi connectivity index (χ1v) is 26.7. The van der Waals surface area contributed by atoms with Gasteiger partial charge in [0.15, 0.2) is 57.5 Å². The summed E-state index contributed by atoms with van der Waals surface area (Å²) in [6.45, 7) is 0. The summed E-state index contributed by atoms with van der Waals surface area (Å²) in [7, 11) is 18.3. The minimum absolute atomic E-state index is 0.448. The summed E-state index contributed by atoms with van der Waals surface area (Å²) in [6.07, 6.45) is 0. The second-order valence-electron chi connectivity index (χ2n) is 19.6. The van der Waals surface area contributed by atoms with Crippen molar-refractivity contribution in [2.45, 2.75) is 0 Å². The van der Waals surface area contributed by atoms with E-state index >= 15 is 0 Å². The van der Waals surface area contributed by atoms with Gasteiger partial charge in [-0.2, -0.15) is 0 Å². The zero-order valence-electron chi connectivity index (χ0n) is 47.6. The molecule has 0 aromatic heterocycles. The van der Waals surface area contributed by atoms with Gasteiger partial charge in [0.2, 0.25) is 0 Å². The van der Waals surface area contributed by atoms with Crippen molar-refractivity contribution in [2.24, 2.45) is 0 Å². The molecule has 0 fully saturated rings. The van der Waals surface area contributed by atoms with Crippen LogP contribution >= 0.6 is 0 Å². The van der Waals surface area contributed by atoms with Crippen LogP contribution in [0.3, 0.4) is 0 Å². The van der Waals surface area contributed by atoms with Crippen molar-refractivity contribution in [3.63, 3.8) is 0 Å². The Morgan fingerprint density at radius 2 is 0.439 bits per heavy atom. The highest BCUT2D eigenvalue weighted by atomic mass is 16.5. The molecule has 0 N–H and O–H groups in total. The second-order valence-corrected chi connectivity index (χ2v) is 19.6. The number of benzene rings is 12. The first-order chi connectivity index (χ1) is 40.3. The van der Waals surface area contributed by atoms with Crippen LogP contribution in [0.25, 0.3) is 120 Å². The molecule has 0 amide bonds. The molecule has 0 heterocycles. The quantitative estimate of drug-likeness (QED) is 0.0924. The zero-order valence-corrected chi connectivity index (χ0v) is 47.6. The fraction of sp³-hybridized carbons (Fsp3) is 0.155. The van der Waals surface area contributed by atoms with Crippen molar-refractivity contribution in [2.75, 3.05) is 78.2 Å². The van der Waals surface area contributed by atoms with Gasteiger partial charge >= 0.3 is 0 Å². The van der Waals surface area contributed by atoms with Gasteiger partial charge in [0.05, 0.1) is 78.2 Å². The SMILES string of the molecule is COc1cc(-c2c(OC)c(OC)c(-c3c(OC)c(OC)c(-c4c(OC)c(OC)c(-c5c(OC)c(OC)c(-c6c(OC)c(OC)cc7ccccc67)c6ccccc56)c5ccccc45)c4ccccc34)c3ccccc23)c2ccccc2c1. The van der Waals surface area contributed by atoms with Crippen LogP contribution in [0.5, 0.6) is 63.2 Å². The van der Waals surface area contributed by atoms with Crippen molar-refractivity contribution in [3.8, 4) is 119 Å². The lowest BCUT2D eigenvalue weighted by Gasteiger charge is -2.28. The van der Waals surface area contributed by atoms with Gasteiger partial charge in [0.25, 0.3) is 0 Å². The molecule has 82 heavy (non-hydrogen) atoms. The molecule has 0 radical (unpaired) electrons. The molecule has 0 saturated heterocycles. The summed E-state index contributed by atoms with van der Waals surface area (Å²) in [5.74, 6) is 5.67. The van der Waals surface area contributed by atoms with E-state index < -0.39 is 0 Å². The molecular weight excluding hydrogens is 1030 g/mol. The minimum atomic E-state index is 0.448. The van der Waals surface area contributed by atoms with E-state index in [-0.39, 0.29) is 0 Å². The van der Waals surface area contributed by atoms with E-state index in [1.54, 1.807) is 78.2 Å². The van der Waals surface area contributed by atoms with Crippen LogP contribution in [0.4, 0.5) is 0 Å². The van der Waals surface area contributed by atoms with E-state index in [2.05, 4.69) is 78.9 Å². The number of fused-ring (bicyclic) bond motifs is 6. The topological polar surface area (TPSA) is 102 Å². The second kappa shape index (κ2) is 21.6. The Hall–Kier alpha value is -10.0. The van der Waals surface area contributed by atoms with Gasteiger partial charge in [-0.15, -0.1) is 0 Å². The van der Waals surface area contributed by atoms with Crippen molar-refractivity contribution >= 4 is 64.6 Å². The van der Waals surface area contributed by atoms with Gasteiger partial charge in [-0.3, -0.25) is 0 Å². The molecule has 0 unspecified atom stereocenters. The molecule has 410 valence electrons. The molecule has 11 heteroatoms. The van der Waals surface area contributed by atoms with E-state index in [4.69, 9.17) is 52.1 Å². The first kappa shape index (κ1) is 52.7. The summed E-state index contributed by atoms with van der Waals surface area (Å²) >= 11 is 0. The number of methoxy groups -OCH3 is 11. The Bertz CT molecular complexity index is 4520. The van der Waals surface area contributed by atoms with E-state index in [1.165, 1.54) is 0 Å². The van der Waals surface area contributed by atoms with E-state index in [1.807, 2.05) is 84.9 Å². The average molecular weight is 1090 g/mol. The lowest BCUT2D eigenvalue weighted by Crippen LogP contribution is -2.05. The normalized spacial score (nSPS) is 11.4. The monoisotopic (exact) mass is 1090 g/mol. The average Bonchev–Trinajstić information content (AvgIpc) is 3.36.